The average Bonchev–Trinajstić information content (AvgIpc) is 3.30. The minimum absolute atomic E-state index is 0.162. The van der Waals surface area contributed by atoms with Gasteiger partial charge in [0.2, 0.25) is 17.7 Å². The highest BCUT2D eigenvalue weighted by molar-refractivity contribution is 6.08. The number of carbonyl (C=O) groups is 3. The van der Waals surface area contributed by atoms with Crippen LogP contribution in [0, 0.1) is 30.6 Å². The number of hydrogen-bond acceptors (Lipinski definition) is 3. The van der Waals surface area contributed by atoms with Gasteiger partial charge in [0.05, 0.1) is 11.8 Å². The molecular formula is C21H24N2O3. The maximum Gasteiger partial charge on any atom is 0.240 e. The largest absolute Gasteiger partial charge is 0.354 e. The first-order chi connectivity index (χ1) is 12.5. The first-order valence-electron chi connectivity index (χ1n) is 9.32. The number of allylic oxidation sites excluding steroid dienone is 2. The molecule has 2 aliphatic carbocycles. The Morgan fingerprint density at radius 3 is 2.27 bits per heavy atom. The number of rotatable bonds is 5. The van der Waals surface area contributed by atoms with E-state index in [0.717, 1.165) is 12.0 Å². The fraction of sp³-hybridized carbons (Fsp3) is 0.476. The first-order valence-corrected chi connectivity index (χ1v) is 9.32. The van der Waals surface area contributed by atoms with Gasteiger partial charge < -0.3 is 5.32 Å². The molecule has 136 valence electrons. The van der Waals surface area contributed by atoms with Crippen LogP contribution in [0.15, 0.2) is 36.4 Å². The summed E-state index contributed by atoms with van der Waals surface area (Å²) in [4.78, 5) is 38.7. The molecule has 2 fully saturated rings. The predicted octanol–water partition coefficient (Wildman–Crippen LogP) is 2.02. The van der Waals surface area contributed by atoms with Gasteiger partial charge in [0.1, 0.15) is 6.54 Å². The lowest BCUT2D eigenvalue weighted by molar-refractivity contribution is -0.144. The Bertz CT molecular complexity index is 753. The highest BCUT2D eigenvalue weighted by Crippen LogP contribution is 2.52. The molecule has 5 heteroatoms. The minimum atomic E-state index is -0.272. The van der Waals surface area contributed by atoms with E-state index in [4.69, 9.17) is 0 Å². The Morgan fingerprint density at radius 1 is 1.12 bits per heavy atom. The van der Waals surface area contributed by atoms with Crippen molar-refractivity contribution in [1.29, 1.82) is 0 Å². The van der Waals surface area contributed by atoms with Crippen molar-refractivity contribution in [1.82, 2.24) is 10.2 Å². The second-order valence-electron chi connectivity index (χ2n) is 7.88. The summed E-state index contributed by atoms with van der Waals surface area (Å²) in [6.45, 7) is 4.41. The van der Waals surface area contributed by atoms with Crippen molar-refractivity contribution in [3.8, 4) is 0 Å². The fourth-order valence-corrected chi connectivity index (χ4v) is 4.60. The van der Waals surface area contributed by atoms with Crippen molar-refractivity contribution in [3.63, 3.8) is 0 Å². The summed E-state index contributed by atoms with van der Waals surface area (Å²) in [5.41, 5.74) is 2.35. The monoisotopic (exact) mass is 352 g/mol. The third kappa shape index (κ3) is 2.75. The van der Waals surface area contributed by atoms with Crippen LogP contribution in [-0.4, -0.2) is 35.7 Å². The molecule has 3 amide bonds. The van der Waals surface area contributed by atoms with E-state index in [0.29, 0.717) is 6.54 Å². The molecular weight excluding hydrogens is 328 g/mol. The van der Waals surface area contributed by atoms with Crippen molar-refractivity contribution < 1.29 is 14.4 Å². The van der Waals surface area contributed by atoms with Gasteiger partial charge in [-0.1, -0.05) is 48.9 Å². The van der Waals surface area contributed by atoms with Crippen LogP contribution >= 0.6 is 0 Å². The van der Waals surface area contributed by atoms with Gasteiger partial charge in [0, 0.05) is 6.54 Å². The summed E-state index contributed by atoms with van der Waals surface area (Å²) in [7, 11) is 0. The molecule has 0 aromatic heterocycles. The smallest absolute Gasteiger partial charge is 0.240 e. The third-order valence-electron chi connectivity index (χ3n) is 6.12. The van der Waals surface area contributed by atoms with Gasteiger partial charge in [0.25, 0.3) is 0 Å². The molecule has 1 heterocycles. The van der Waals surface area contributed by atoms with Crippen molar-refractivity contribution >= 4 is 17.7 Å². The SMILES string of the molecule is Cc1ccc([C@H](C)CNC(=O)CN2C(=O)[C@@H]3[C@@H](C2=O)[C@H]2C=C[C@H]3C2)cc1. The molecule has 0 radical (unpaired) electrons. The van der Waals surface area contributed by atoms with E-state index in [2.05, 4.69) is 41.7 Å². The van der Waals surface area contributed by atoms with Crippen molar-refractivity contribution in [2.45, 2.75) is 26.2 Å². The lowest BCUT2D eigenvalue weighted by Crippen LogP contribution is -2.42. The number of imide groups is 1. The molecule has 4 rings (SSSR count). The van der Waals surface area contributed by atoms with Crippen LogP contribution in [0.5, 0.6) is 0 Å². The number of carbonyl (C=O) groups excluding carboxylic acids is 3. The van der Waals surface area contributed by atoms with E-state index in [1.54, 1.807) is 0 Å². The first kappa shape index (κ1) is 17.0. The normalized spacial score (nSPS) is 30.0. The van der Waals surface area contributed by atoms with E-state index >= 15 is 0 Å². The highest BCUT2D eigenvalue weighted by Gasteiger charge is 2.59. The molecule has 0 unspecified atom stereocenters. The van der Waals surface area contributed by atoms with Gasteiger partial charge in [-0.25, -0.2) is 0 Å². The molecule has 1 N–H and O–H groups in total. The molecule has 1 saturated carbocycles. The summed E-state index contributed by atoms with van der Waals surface area (Å²) in [5.74, 6) is -0.562. The molecule has 1 aromatic rings. The van der Waals surface area contributed by atoms with Crippen molar-refractivity contribution in [2.75, 3.05) is 13.1 Å². The summed E-state index contributed by atoms with van der Waals surface area (Å²) < 4.78 is 0. The van der Waals surface area contributed by atoms with E-state index in [1.807, 2.05) is 13.8 Å². The topological polar surface area (TPSA) is 66.5 Å². The summed E-state index contributed by atoms with van der Waals surface area (Å²) in [5, 5.41) is 2.87. The van der Waals surface area contributed by atoms with Gasteiger partial charge in [-0.2, -0.15) is 0 Å². The van der Waals surface area contributed by atoms with E-state index in [1.165, 1.54) is 10.5 Å². The quantitative estimate of drug-likeness (QED) is 0.651. The van der Waals surface area contributed by atoms with Crippen LogP contribution < -0.4 is 5.32 Å². The second kappa shape index (κ2) is 6.38. The lowest BCUT2D eigenvalue weighted by atomic mass is 9.85. The Balaban J connectivity index is 1.33. The molecule has 1 saturated heterocycles. The second-order valence-corrected chi connectivity index (χ2v) is 7.88. The molecule has 5 atom stereocenters. The zero-order valence-electron chi connectivity index (χ0n) is 15.1. The number of hydrogen-bond donors (Lipinski definition) is 1. The van der Waals surface area contributed by atoms with E-state index in [-0.39, 0.29) is 53.9 Å². The van der Waals surface area contributed by atoms with Crippen LogP contribution in [0.1, 0.15) is 30.4 Å². The van der Waals surface area contributed by atoms with Crippen LogP contribution in [0.25, 0.3) is 0 Å². The Hall–Kier alpha value is -2.43. The number of benzene rings is 1. The molecule has 1 aliphatic heterocycles. The van der Waals surface area contributed by atoms with Gasteiger partial charge in [-0.05, 0) is 36.7 Å². The van der Waals surface area contributed by atoms with Gasteiger partial charge in [0.15, 0.2) is 0 Å². The number of fused-ring (bicyclic) bond motifs is 5. The molecule has 5 nitrogen and oxygen atoms in total. The Morgan fingerprint density at radius 2 is 1.69 bits per heavy atom. The van der Waals surface area contributed by atoms with Crippen LogP contribution in [-0.2, 0) is 14.4 Å². The number of likely N-dealkylation sites (tertiary alicyclic amines) is 1. The third-order valence-corrected chi connectivity index (χ3v) is 6.12. The highest BCUT2D eigenvalue weighted by atomic mass is 16.2. The van der Waals surface area contributed by atoms with E-state index in [9.17, 15) is 14.4 Å². The number of nitrogens with zero attached hydrogens (tertiary/aromatic N) is 1. The number of aryl methyl sites for hydroxylation is 1. The maximum atomic E-state index is 12.6. The van der Waals surface area contributed by atoms with E-state index < -0.39 is 0 Å². The summed E-state index contributed by atoms with van der Waals surface area (Å²) in [6.07, 6.45) is 5.02. The van der Waals surface area contributed by atoms with Crippen LogP contribution in [0.2, 0.25) is 0 Å². The van der Waals surface area contributed by atoms with Gasteiger partial charge in [-0.3, -0.25) is 19.3 Å². The standard InChI is InChI=1S/C21H24N2O3/c1-12-3-5-14(6-4-12)13(2)10-22-17(24)11-23-20(25)18-15-7-8-16(9-15)19(18)21(23)26/h3-8,13,15-16,18-19H,9-11H2,1-2H3,(H,22,24)/t13-,15+,16+,18+,19+/m1/s1. The Kier molecular flexibility index (Phi) is 4.17. The average molecular weight is 352 g/mol. The summed E-state index contributed by atoms with van der Waals surface area (Å²) >= 11 is 0. The number of nitrogens with one attached hydrogen (secondary N) is 1. The van der Waals surface area contributed by atoms with Crippen molar-refractivity contribution in [2.24, 2.45) is 23.7 Å². The fourth-order valence-electron chi connectivity index (χ4n) is 4.60. The predicted molar refractivity (Wildman–Crippen MR) is 97.0 cm³/mol. The zero-order valence-corrected chi connectivity index (χ0v) is 15.1. The van der Waals surface area contributed by atoms with Crippen LogP contribution in [0.3, 0.4) is 0 Å². The van der Waals surface area contributed by atoms with Gasteiger partial charge in [-0.15, -0.1) is 0 Å². The molecule has 1 aromatic carbocycles. The van der Waals surface area contributed by atoms with Gasteiger partial charge >= 0.3 is 0 Å². The molecule has 0 spiro atoms. The van der Waals surface area contributed by atoms with Crippen molar-refractivity contribution in [3.05, 3.63) is 47.5 Å². The maximum absolute atomic E-state index is 12.6. The summed E-state index contributed by atoms with van der Waals surface area (Å²) in [6, 6.07) is 8.22. The number of amides is 3. The molecule has 26 heavy (non-hydrogen) atoms. The lowest BCUT2D eigenvalue weighted by Gasteiger charge is -2.18. The molecule has 3 aliphatic rings. The van der Waals surface area contributed by atoms with Crippen LogP contribution in [0.4, 0.5) is 0 Å². The molecule has 2 bridgehead atoms. The zero-order chi connectivity index (χ0) is 18.4. The minimum Gasteiger partial charge on any atom is -0.354 e. The Labute approximate surface area is 153 Å².